The van der Waals surface area contributed by atoms with Crippen molar-refractivity contribution in [2.24, 2.45) is 0 Å². The molecule has 2 heterocycles. The van der Waals surface area contributed by atoms with Crippen molar-refractivity contribution in [3.63, 3.8) is 0 Å². The van der Waals surface area contributed by atoms with Gasteiger partial charge in [-0.2, -0.15) is 0 Å². The molecule has 0 bridgehead atoms. The summed E-state index contributed by atoms with van der Waals surface area (Å²) in [5.74, 6) is 1.43. The van der Waals surface area contributed by atoms with Crippen molar-refractivity contribution in [2.75, 3.05) is 6.54 Å². The summed E-state index contributed by atoms with van der Waals surface area (Å²) in [6.07, 6.45) is 4.44. The number of pyridine rings is 1. The fraction of sp³-hybridized carbons (Fsp3) is 0.385. The van der Waals surface area contributed by atoms with E-state index >= 15 is 0 Å². The first kappa shape index (κ1) is 12.6. The predicted octanol–water partition coefficient (Wildman–Crippen LogP) is 2.15. The lowest BCUT2D eigenvalue weighted by atomic mass is 10.3. The molecule has 2 rings (SSSR count). The number of hydrogen-bond donors (Lipinski definition) is 1. The van der Waals surface area contributed by atoms with Gasteiger partial charge in [-0.05, 0) is 25.1 Å². The molecule has 96 valence electrons. The molecular weight excluding hydrogens is 230 g/mol. The van der Waals surface area contributed by atoms with Crippen LogP contribution in [-0.4, -0.2) is 16.7 Å². The van der Waals surface area contributed by atoms with E-state index in [1.54, 1.807) is 18.5 Å². The molecule has 1 N–H and O–H groups in total. The van der Waals surface area contributed by atoms with Crippen molar-refractivity contribution in [1.29, 1.82) is 0 Å². The molecule has 5 heteroatoms. The van der Waals surface area contributed by atoms with Gasteiger partial charge in [0.2, 0.25) is 0 Å². The number of nitrogens with zero attached hydrogens (tertiary/aromatic N) is 2. The molecule has 0 aliphatic heterocycles. The minimum atomic E-state index is 0.370. The standard InChI is InChI=1S/C13H17N3O2/c1-2-6-14-8-11-3-4-12(9-15-11)17-10-13-5-7-16-18-13/h3-5,7,9,14H,2,6,8,10H2,1H3. The molecule has 0 unspecified atom stereocenters. The van der Waals surface area contributed by atoms with Gasteiger partial charge in [-0.1, -0.05) is 12.1 Å². The Hall–Kier alpha value is -1.88. The summed E-state index contributed by atoms with van der Waals surface area (Å²) in [6, 6.07) is 5.64. The highest BCUT2D eigenvalue weighted by Gasteiger charge is 2.00. The Labute approximate surface area is 106 Å². The lowest BCUT2D eigenvalue weighted by Gasteiger charge is -2.05. The van der Waals surface area contributed by atoms with Crippen molar-refractivity contribution >= 4 is 0 Å². The summed E-state index contributed by atoms with van der Waals surface area (Å²) in [5.41, 5.74) is 1.01. The first-order valence-electron chi connectivity index (χ1n) is 6.06. The quantitative estimate of drug-likeness (QED) is 0.760. The molecule has 0 amide bonds. The molecule has 0 aliphatic carbocycles. The second-order valence-corrected chi connectivity index (χ2v) is 3.93. The van der Waals surface area contributed by atoms with Crippen LogP contribution in [0.25, 0.3) is 0 Å². The molecule has 0 fully saturated rings. The van der Waals surface area contributed by atoms with Crippen molar-refractivity contribution < 1.29 is 9.26 Å². The molecule has 0 aromatic carbocycles. The number of nitrogens with one attached hydrogen (secondary N) is 1. The van der Waals surface area contributed by atoms with Crippen LogP contribution in [0.3, 0.4) is 0 Å². The first-order valence-corrected chi connectivity index (χ1v) is 6.06. The maximum Gasteiger partial charge on any atom is 0.174 e. The third kappa shape index (κ3) is 3.85. The smallest absolute Gasteiger partial charge is 0.174 e. The highest BCUT2D eigenvalue weighted by atomic mass is 16.5. The molecule has 18 heavy (non-hydrogen) atoms. The third-order valence-electron chi connectivity index (χ3n) is 2.40. The molecule has 0 spiro atoms. The molecule has 2 aromatic rings. The number of aromatic nitrogens is 2. The Kier molecular flexibility index (Phi) is 4.72. The van der Waals surface area contributed by atoms with Crippen molar-refractivity contribution in [2.45, 2.75) is 26.5 Å². The third-order valence-corrected chi connectivity index (χ3v) is 2.40. The van der Waals surface area contributed by atoms with Gasteiger partial charge in [-0.25, -0.2) is 0 Å². The van der Waals surface area contributed by atoms with Gasteiger partial charge in [0.05, 0.1) is 18.1 Å². The Morgan fingerprint density at radius 3 is 2.94 bits per heavy atom. The van der Waals surface area contributed by atoms with E-state index in [1.165, 1.54) is 0 Å². The van der Waals surface area contributed by atoms with Crippen LogP contribution in [0.4, 0.5) is 0 Å². The normalized spacial score (nSPS) is 10.5. The van der Waals surface area contributed by atoms with E-state index in [2.05, 4.69) is 22.4 Å². The summed E-state index contributed by atoms with van der Waals surface area (Å²) < 4.78 is 10.5. The lowest BCUT2D eigenvalue weighted by Crippen LogP contribution is -2.14. The Morgan fingerprint density at radius 2 is 2.28 bits per heavy atom. The van der Waals surface area contributed by atoms with Gasteiger partial charge >= 0.3 is 0 Å². The molecule has 0 radical (unpaired) electrons. The largest absolute Gasteiger partial charge is 0.484 e. The molecule has 2 aromatic heterocycles. The van der Waals surface area contributed by atoms with Gasteiger partial charge in [0.25, 0.3) is 0 Å². The van der Waals surface area contributed by atoms with Crippen molar-refractivity contribution in [3.8, 4) is 5.75 Å². The minimum Gasteiger partial charge on any atom is -0.484 e. The van der Waals surface area contributed by atoms with E-state index in [0.29, 0.717) is 12.4 Å². The van der Waals surface area contributed by atoms with Crippen molar-refractivity contribution in [1.82, 2.24) is 15.5 Å². The molecule has 0 aliphatic rings. The topological polar surface area (TPSA) is 60.2 Å². The minimum absolute atomic E-state index is 0.370. The maximum atomic E-state index is 5.51. The Bertz CT molecular complexity index is 440. The van der Waals surface area contributed by atoms with Crippen LogP contribution < -0.4 is 10.1 Å². The lowest BCUT2D eigenvalue weighted by molar-refractivity contribution is 0.248. The second kappa shape index (κ2) is 6.76. The zero-order valence-corrected chi connectivity index (χ0v) is 10.4. The van der Waals surface area contributed by atoms with Crippen LogP contribution in [-0.2, 0) is 13.2 Å². The Balaban J connectivity index is 1.80. The zero-order chi connectivity index (χ0) is 12.6. The van der Waals surface area contributed by atoms with Crippen LogP contribution in [0.1, 0.15) is 24.8 Å². The van der Waals surface area contributed by atoms with E-state index in [9.17, 15) is 0 Å². The molecule has 0 atom stereocenters. The van der Waals surface area contributed by atoms with E-state index < -0.39 is 0 Å². The molecule has 0 saturated heterocycles. The molecule has 0 saturated carbocycles. The van der Waals surface area contributed by atoms with Gasteiger partial charge < -0.3 is 14.6 Å². The monoisotopic (exact) mass is 247 g/mol. The summed E-state index contributed by atoms with van der Waals surface area (Å²) in [5, 5.41) is 6.91. The predicted molar refractivity (Wildman–Crippen MR) is 67.1 cm³/mol. The van der Waals surface area contributed by atoms with E-state index in [0.717, 1.165) is 31.0 Å². The Morgan fingerprint density at radius 1 is 1.33 bits per heavy atom. The summed E-state index contributed by atoms with van der Waals surface area (Å²) in [7, 11) is 0. The van der Waals surface area contributed by atoms with Crippen LogP contribution in [0, 0.1) is 0 Å². The number of hydrogen-bond acceptors (Lipinski definition) is 5. The highest BCUT2D eigenvalue weighted by Crippen LogP contribution is 2.11. The van der Waals surface area contributed by atoms with Gasteiger partial charge in [-0.15, -0.1) is 0 Å². The highest BCUT2D eigenvalue weighted by molar-refractivity contribution is 5.20. The van der Waals surface area contributed by atoms with E-state index in [-0.39, 0.29) is 0 Å². The van der Waals surface area contributed by atoms with Gasteiger partial charge in [0.1, 0.15) is 12.4 Å². The molecule has 5 nitrogen and oxygen atoms in total. The summed E-state index contributed by atoms with van der Waals surface area (Å²) in [6.45, 7) is 4.30. The first-order chi connectivity index (χ1) is 8.88. The zero-order valence-electron chi connectivity index (χ0n) is 10.4. The van der Waals surface area contributed by atoms with Crippen LogP contribution >= 0.6 is 0 Å². The molecular formula is C13H17N3O2. The summed E-state index contributed by atoms with van der Waals surface area (Å²) in [4.78, 5) is 4.32. The van der Waals surface area contributed by atoms with Crippen LogP contribution in [0.5, 0.6) is 5.75 Å². The van der Waals surface area contributed by atoms with Gasteiger partial charge in [-0.3, -0.25) is 4.98 Å². The van der Waals surface area contributed by atoms with E-state index in [4.69, 9.17) is 9.26 Å². The number of ether oxygens (including phenoxy) is 1. The van der Waals surface area contributed by atoms with Crippen LogP contribution in [0.15, 0.2) is 35.1 Å². The number of rotatable bonds is 7. The van der Waals surface area contributed by atoms with Gasteiger partial charge in [0.15, 0.2) is 5.76 Å². The fourth-order valence-corrected chi connectivity index (χ4v) is 1.47. The average molecular weight is 247 g/mol. The fourth-order valence-electron chi connectivity index (χ4n) is 1.47. The van der Waals surface area contributed by atoms with Crippen molar-refractivity contribution in [3.05, 3.63) is 42.0 Å². The summed E-state index contributed by atoms with van der Waals surface area (Å²) >= 11 is 0. The SMILES string of the molecule is CCCNCc1ccc(OCc2ccno2)cn1. The van der Waals surface area contributed by atoms with E-state index in [1.807, 2.05) is 12.1 Å². The maximum absolute atomic E-state index is 5.51. The van der Waals surface area contributed by atoms with Gasteiger partial charge in [0, 0.05) is 12.6 Å². The second-order valence-electron chi connectivity index (χ2n) is 3.93. The average Bonchev–Trinajstić information content (AvgIpc) is 2.91. The van der Waals surface area contributed by atoms with Crippen LogP contribution in [0.2, 0.25) is 0 Å².